The quantitative estimate of drug-likeness (QED) is 0.506. The molecule has 160 valence electrons. The highest BCUT2D eigenvalue weighted by molar-refractivity contribution is 7.89. The summed E-state index contributed by atoms with van der Waals surface area (Å²) in [7, 11) is -3.74. The minimum absolute atomic E-state index is 0.156. The fraction of sp³-hybridized carbons (Fsp3) is 0.526. The van der Waals surface area contributed by atoms with Crippen LogP contribution in [0.25, 0.3) is 0 Å². The number of sulfonamides is 1. The highest BCUT2D eigenvalue weighted by atomic mass is 32.2. The molecule has 0 saturated heterocycles. The maximum atomic E-state index is 12.4. The smallest absolute Gasteiger partial charge is 0.321 e. The number of aryl methyl sites for hydroxylation is 2. The lowest BCUT2D eigenvalue weighted by Crippen LogP contribution is -2.41. The molecule has 0 saturated carbocycles. The molecule has 0 atom stereocenters. The zero-order valence-electron chi connectivity index (χ0n) is 16.5. The van der Waals surface area contributed by atoms with E-state index in [0.29, 0.717) is 6.54 Å². The Morgan fingerprint density at radius 3 is 2.52 bits per heavy atom. The first kappa shape index (κ1) is 22.8. The van der Waals surface area contributed by atoms with Gasteiger partial charge in [0.2, 0.25) is 10.0 Å². The van der Waals surface area contributed by atoms with E-state index in [1.807, 2.05) is 18.3 Å². The van der Waals surface area contributed by atoms with E-state index in [4.69, 9.17) is 4.74 Å². The molecular weight excluding hydrogens is 398 g/mol. The molecule has 0 heterocycles. The molecule has 10 heteroatoms. The predicted octanol–water partition coefficient (Wildman–Crippen LogP) is 1.01. The van der Waals surface area contributed by atoms with Crippen molar-refractivity contribution in [1.82, 2.24) is 15.4 Å². The van der Waals surface area contributed by atoms with Gasteiger partial charge in [-0.2, -0.15) is 0 Å². The van der Waals surface area contributed by atoms with Crippen molar-refractivity contribution in [2.45, 2.75) is 50.3 Å². The minimum atomic E-state index is -3.74. The van der Waals surface area contributed by atoms with Gasteiger partial charge in [0.15, 0.2) is 6.61 Å². The molecule has 1 aromatic carbocycles. The number of ether oxygens (including phenoxy) is 1. The number of hydrogen-bond acceptors (Lipinski definition) is 6. The van der Waals surface area contributed by atoms with Crippen LogP contribution in [0, 0.1) is 0 Å². The maximum Gasteiger partial charge on any atom is 0.321 e. The lowest BCUT2D eigenvalue weighted by atomic mass is 9.92. The molecule has 0 aliphatic heterocycles. The van der Waals surface area contributed by atoms with Crippen LogP contribution in [0.4, 0.5) is 4.79 Å². The first-order valence-electron chi connectivity index (χ1n) is 9.66. The highest BCUT2D eigenvalue weighted by Gasteiger charge is 2.18. The van der Waals surface area contributed by atoms with Gasteiger partial charge in [-0.15, -0.1) is 0 Å². The molecule has 1 aliphatic carbocycles. The van der Waals surface area contributed by atoms with Crippen LogP contribution >= 0.6 is 0 Å². The van der Waals surface area contributed by atoms with Crippen molar-refractivity contribution in [2.75, 3.05) is 19.7 Å². The molecule has 0 unspecified atom stereocenters. The molecule has 29 heavy (non-hydrogen) atoms. The summed E-state index contributed by atoms with van der Waals surface area (Å²) in [6.07, 6.45) is 4.47. The van der Waals surface area contributed by atoms with Crippen LogP contribution in [0.5, 0.6) is 0 Å². The Labute approximate surface area is 170 Å². The van der Waals surface area contributed by atoms with Crippen LogP contribution in [0.2, 0.25) is 0 Å². The van der Waals surface area contributed by atoms with Gasteiger partial charge in [-0.05, 0) is 55.4 Å². The van der Waals surface area contributed by atoms with Crippen molar-refractivity contribution in [1.29, 1.82) is 0 Å². The van der Waals surface area contributed by atoms with E-state index < -0.39 is 34.5 Å². The SMILES string of the molecule is CCCNC(=O)NC(=O)COC(=O)CCNS(=O)(=O)c1ccc2c(c1)CCCC2. The summed E-state index contributed by atoms with van der Waals surface area (Å²) in [6, 6.07) is 4.43. The van der Waals surface area contributed by atoms with Crippen LogP contribution in [0.15, 0.2) is 23.1 Å². The standard InChI is InChI=1S/C19H27N3O6S/c1-2-10-20-19(25)22-17(23)13-28-18(24)9-11-21-29(26,27)16-8-7-14-5-3-4-6-15(14)12-16/h7-8,12,21H,2-6,9-11,13H2,1H3,(H2,20,22,23,25). The van der Waals surface area contributed by atoms with Gasteiger partial charge in [-0.25, -0.2) is 17.9 Å². The Kier molecular flexibility index (Phi) is 8.59. The van der Waals surface area contributed by atoms with Gasteiger partial charge in [0.25, 0.3) is 5.91 Å². The zero-order chi connectivity index (χ0) is 21.3. The van der Waals surface area contributed by atoms with Crippen LogP contribution < -0.4 is 15.4 Å². The van der Waals surface area contributed by atoms with Crippen molar-refractivity contribution in [2.24, 2.45) is 0 Å². The Morgan fingerprint density at radius 2 is 1.79 bits per heavy atom. The first-order valence-corrected chi connectivity index (χ1v) is 11.1. The predicted molar refractivity (Wildman–Crippen MR) is 106 cm³/mol. The lowest BCUT2D eigenvalue weighted by Gasteiger charge is -2.16. The molecule has 1 aliphatic rings. The van der Waals surface area contributed by atoms with E-state index in [-0.39, 0.29) is 17.9 Å². The Morgan fingerprint density at radius 1 is 1.07 bits per heavy atom. The molecule has 0 fully saturated rings. The van der Waals surface area contributed by atoms with Crippen molar-refractivity contribution >= 4 is 27.9 Å². The van der Waals surface area contributed by atoms with Crippen molar-refractivity contribution in [3.8, 4) is 0 Å². The van der Waals surface area contributed by atoms with Gasteiger partial charge in [0.1, 0.15) is 0 Å². The largest absolute Gasteiger partial charge is 0.456 e. The monoisotopic (exact) mass is 425 g/mol. The highest BCUT2D eigenvalue weighted by Crippen LogP contribution is 2.23. The number of nitrogens with one attached hydrogen (secondary N) is 3. The molecule has 3 N–H and O–H groups in total. The molecule has 0 radical (unpaired) electrons. The Hall–Kier alpha value is -2.46. The number of carbonyl (C=O) groups excluding carboxylic acids is 3. The summed E-state index contributed by atoms with van der Waals surface area (Å²) in [5.74, 6) is -1.51. The lowest BCUT2D eigenvalue weighted by molar-refractivity contribution is -0.148. The molecule has 0 spiro atoms. The first-order chi connectivity index (χ1) is 13.8. The molecule has 0 aromatic heterocycles. The van der Waals surface area contributed by atoms with Crippen molar-refractivity contribution < 1.29 is 27.5 Å². The summed E-state index contributed by atoms with van der Waals surface area (Å²) >= 11 is 0. The average Bonchev–Trinajstić information content (AvgIpc) is 2.70. The van der Waals surface area contributed by atoms with Crippen LogP contribution in [0.1, 0.15) is 43.7 Å². The Bertz CT molecular complexity index is 854. The number of amides is 3. The molecule has 9 nitrogen and oxygen atoms in total. The normalized spacial score (nSPS) is 13.3. The third-order valence-electron chi connectivity index (χ3n) is 4.40. The number of esters is 1. The third kappa shape index (κ3) is 7.47. The summed E-state index contributed by atoms with van der Waals surface area (Å²) in [6.45, 7) is 1.51. The van der Waals surface area contributed by atoms with Crippen LogP contribution in [-0.4, -0.2) is 46.0 Å². The second kappa shape index (κ2) is 10.9. The van der Waals surface area contributed by atoms with Crippen molar-refractivity contribution in [3.05, 3.63) is 29.3 Å². The minimum Gasteiger partial charge on any atom is -0.456 e. The topological polar surface area (TPSA) is 131 Å². The summed E-state index contributed by atoms with van der Waals surface area (Å²) in [5, 5.41) is 4.47. The van der Waals surface area contributed by atoms with Crippen LogP contribution in [-0.2, 0) is 37.2 Å². The number of hydrogen-bond donors (Lipinski definition) is 3. The van der Waals surface area contributed by atoms with Gasteiger partial charge < -0.3 is 10.1 Å². The third-order valence-corrected chi connectivity index (χ3v) is 5.86. The fourth-order valence-corrected chi connectivity index (χ4v) is 3.99. The summed E-state index contributed by atoms with van der Waals surface area (Å²) < 4.78 is 31.9. The summed E-state index contributed by atoms with van der Waals surface area (Å²) in [4.78, 5) is 34.7. The molecule has 2 rings (SSSR count). The number of urea groups is 1. The number of carbonyl (C=O) groups is 3. The van der Waals surface area contributed by atoms with Gasteiger partial charge >= 0.3 is 12.0 Å². The molecular formula is C19H27N3O6S. The molecule has 0 bridgehead atoms. The number of benzene rings is 1. The van der Waals surface area contributed by atoms with E-state index >= 15 is 0 Å². The van der Waals surface area contributed by atoms with Gasteiger partial charge in [-0.3, -0.25) is 14.9 Å². The number of rotatable bonds is 9. The zero-order valence-corrected chi connectivity index (χ0v) is 17.3. The molecule has 1 aromatic rings. The summed E-state index contributed by atoms with van der Waals surface area (Å²) in [5.41, 5.74) is 2.23. The van der Waals surface area contributed by atoms with Crippen LogP contribution in [0.3, 0.4) is 0 Å². The average molecular weight is 426 g/mol. The number of imide groups is 1. The second-order valence-corrected chi connectivity index (χ2v) is 8.52. The van der Waals surface area contributed by atoms with E-state index in [0.717, 1.165) is 37.7 Å². The fourth-order valence-electron chi connectivity index (χ4n) is 2.91. The molecule has 3 amide bonds. The van der Waals surface area contributed by atoms with Gasteiger partial charge in [-0.1, -0.05) is 13.0 Å². The van der Waals surface area contributed by atoms with Crippen molar-refractivity contribution in [3.63, 3.8) is 0 Å². The maximum absolute atomic E-state index is 12.4. The van der Waals surface area contributed by atoms with Gasteiger partial charge in [0, 0.05) is 13.1 Å². The van der Waals surface area contributed by atoms with E-state index in [1.54, 1.807) is 12.1 Å². The second-order valence-electron chi connectivity index (χ2n) is 6.75. The van der Waals surface area contributed by atoms with Gasteiger partial charge in [0.05, 0.1) is 11.3 Å². The van der Waals surface area contributed by atoms with E-state index in [1.165, 1.54) is 5.56 Å². The van der Waals surface area contributed by atoms with E-state index in [9.17, 15) is 22.8 Å². The van der Waals surface area contributed by atoms with E-state index in [2.05, 4.69) is 10.0 Å². The number of fused-ring (bicyclic) bond motifs is 1. The Balaban J connectivity index is 1.73.